The van der Waals surface area contributed by atoms with Gasteiger partial charge in [-0.3, -0.25) is 0 Å². The van der Waals surface area contributed by atoms with Crippen LogP contribution in [0.3, 0.4) is 0 Å². The number of rotatable bonds is 6. The highest BCUT2D eigenvalue weighted by Gasteiger charge is 2.12. The second-order valence-corrected chi connectivity index (χ2v) is 5.22. The third-order valence-electron chi connectivity index (χ3n) is 3.58. The van der Waals surface area contributed by atoms with E-state index in [1.54, 1.807) is 6.26 Å². The van der Waals surface area contributed by atoms with Crippen LogP contribution in [0, 0.1) is 5.92 Å². The van der Waals surface area contributed by atoms with Crippen molar-refractivity contribution >= 4 is 0 Å². The molecule has 1 aromatic heterocycles. The Morgan fingerprint density at radius 3 is 3.18 bits per heavy atom. The summed E-state index contributed by atoms with van der Waals surface area (Å²) in [7, 11) is 2.19. The molecule has 1 aliphatic heterocycles. The fourth-order valence-corrected chi connectivity index (χ4v) is 2.59. The summed E-state index contributed by atoms with van der Waals surface area (Å²) >= 11 is 0. The standard InChI is InChI=1S/C14H24N2O/c1-16(11-14-6-9-17-12-14)8-3-5-13-4-2-7-15-10-13/h6,9,12-13,15H,2-5,7-8,10-11H2,1H3. The van der Waals surface area contributed by atoms with E-state index < -0.39 is 0 Å². The van der Waals surface area contributed by atoms with Gasteiger partial charge in [0.15, 0.2) is 0 Å². The lowest BCUT2D eigenvalue weighted by atomic mass is 9.95. The lowest BCUT2D eigenvalue weighted by Crippen LogP contribution is -2.30. The van der Waals surface area contributed by atoms with Crippen molar-refractivity contribution < 1.29 is 4.42 Å². The van der Waals surface area contributed by atoms with E-state index in [9.17, 15) is 0 Å². The normalized spacial score (nSPS) is 20.9. The zero-order valence-electron chi connectivity index (χ0n) is 10.8. The summed E-state index contributed by atoms with van der Waals surface area (Å²) in [5, 5.41) is 3.48. The van der Waals surface area contributed by atoms with Gasteiger partial charge in [0.2, 0.25) is 0 Å². The quantitative estimate of drug-likeness (QED) is 0.822. The van der Waals surface area contributed by atoms with Gasteiger partial charge >= 0.3 is 0 Å². The van der Waals surface area contributed by atoms with Crippen LogP contribution in [-0.2, 0) is 6.54 Å². The van der Waals surface area contributed by atoms with E-state index in [1.807, 2.05) is 12.3 Å². The van der Waals surface area contributed by atoms with Gasteiger partial charge in [-0.05, 0) is 64.3 Å². The Balaban J connectivity index is 1.58. The van der Waals surface area contributed by atoms with Crippen LogP contribution in [0.1, 0.15) is 31.2 Å². The van der Waals surface area contributed by atoms with Gasteiger partial charge in [0, 0.05) is 12.1 Å². The molecule has 96 valence electrons. The number of furan rings is 1. The molecule has 0 saturated carbocycles. The summed E-state index contributed by atoms with van der Waals surface area (Å²) in [4.78, 5) is 2.38. The molecule has 0 aromatic carbocycles. The van der Waals surface area contributed by atoms with Crippen molar-refractivity contribution in [1.29, 1.82) is 0 Å². The van der Waals surface area contributed by atoms with E-state index in [-0.39, 0.29) is 0 Å². The number of piperidine rings is 1. The molecule has 1 saturated heterocycles. The third-order valence-corrected chi connectivity index (χ3v) is 3.58. The van der Waals surface area contributed by atoms with Crippen LogP contribution in [0.25, 0.3) is 0 Å². The molecule has 2 heterocycles. The molecule has 1 unspecified atom stereocenters. The number of hydrogen-bond donors (Lipinski definition) is 1. The molecule has 17 heavy (non-hydrogen) atoms. The number of nitrogens with zero attached hydrogens (tertiary/aromatic N) is 1. The maximum atomic E-state index is 5.08. The highest BCUT2D eigenvalue weighted by molar-refractivity contribution is 5.04. The fourth-order valence-electron chi connectivity index (χ4n) is 2.59. The molecule has 3 nitrogen and oxygen atoms in total. The maximum absolute atomic E-state index is 5.08. The minimum Gasteiger partial charge on any atom is -0.472 e. The fraction of sp³-hybridized carbons (Fsp3) is 0.714. The molecule has 0 amide bonds. The Bertz CT molecular complexity index is 291. The molecular weight excluding hydrogens is 212 g/mol. The van der Waals surface area contributed by atoms with Gasteiger partial charge in [0.25, 0.3) is 0 Å². The Hall–Kier alpha value is -0.800. The molecular formula is C14H24N2O. The van der Waals surface area contributed by atoms with Crippen LogP contribution in [0.4, 0.5) is 0 Å². The molecule has 1 aliphatic rings. The molecule has 2 rings (SSSR count). The first-order valence-corrected chi connectivity index (χ1v) is 6.75. The van der Waals surface area contributed by atoms with E-state index in [0.29, 0.717) is 0 Å². The average molecular weight is 236 g/mol. The Kier molecular flexibility index (Phi) is 5.08. The lowest BCUT2D eigenvalue weighted by molar-refractivity contribution is 0.287. The summed E-state index contributed by atoms with van der Waals surface area (Å²) in [6.07, 6.45) is 9.02. The zero-order valence-corrected chi connectivity index (χ0v) is 10.8. The second-order valence-electron chi connectivity index (χ2n) is 5.22. The highest BCUT2D eigenvalue weighted by atomic mass is 16.3. The second kappa shape index (κ2) is 6.82. The van der Waals surface area contributed by atoms with Crippen molar-refractivity contribution in [3.63, 3.8) is 0 Å². The molecule has 0 radical (unpaired) electrons. The van der Waals surface area contributed by atoms with E-state index in [1.165, 1.54) is 50.9 Å². The highest BCUT2D eigenvalue weighted by Crippen LogP contribution is 2.16. The predicted molar refractivity (Wildman–Crippen MR) is 69.9 cm³/mol. The van der Waals surface area contributed by atoms with Gasteiger partial charge in [-0.2, -0.15) is 0 Å². The third kappa shape index (κ3) is 4.52. The van der Waals surface area contributed by atoms with E-state index >= 15 is 0 Å². The van der Waals surface area contributed by atoms with E-state index in [0.717, 1.165) is 12.5 Å². The summed E-state index contributed by atoms with van der Waals surface area (Å²) in [5.74, 6) is 0.908. The van der Waals surface area contributed by atoms with Crippen molar-refractivity contribution in [2.75, 3.05) is 26.7 Å². The molecule has 0 aliphatic carbocycles. The number of hydrogen-bond acceptors (Lipinski definition) is 3. The molecule has 1 N–H and O–H groups in total. The van der Waals surface area contributed by atoms with Gasteiger partial charge in [-0.1, -0.05) is 0 Å². The SMILES string of the molecule is CN(CCCC1CCCNC1)Cc1ccoc1. The van der Waals surface area contributed by atoms with Crippen molar-refractivity contribution in [2.45, 2.75) is 32.2 Å². The first kappa shape index (κ1) is 12.7. The monoisotopic (exact) mass is 236 g/mol. The summed E-state index contributed by atoms with van der Waals surface area (Å²) in [6, 6.07) is 2.04. The van der Waals surface area contributed by atoms with Gasteiger partial charge in [0.05, 0.1) is 12.5 Å². The van der Waals surface area contributed by atoms with E-state index in [2.05, 4.69) is 17.3 Å². The first-order valence-electron chi connectivity index (χ1n) is 6.75. The molecule has 0 spiro atoms. The average Bonchev–Trinajstić information content (AvgIpc) is 2.83. The topological polar surface area (TPSA) is 28.4 Å². The van der Waals surface area contributed by atoms with Crippen LogP contribution >= 0.6 is 0 Å². The van der Waals surface area contributed by atoms with Gasteiger partial charge in [-0.15, -0.1) is 0 Å². The predicted octanol–water partition coefficient (Wildman–Crippen LogP) is 2.49. The smallest absolute Gasteiger partial charge is 0.0947 e. The minimum atomic E-state index is 0.908. The minimum absolute atomic E-state index is 0.908. The lowest BCUT2D eigenvalue weighted by Gasteiger charge is -2.23. The summed E-state index contributed by atoms with van der Waals surface area (Å²) in [5.41, 5.74) is 1.27. The van der Waals surface area contributed by atoms with Crippen LogP contribution in [0.2, 0.25) is 0 Å². The van der Waals surface area contributed by atoms with Crippen molar-refractivity contribution in [3.8, 4) is 0 Å². The molecule has 1 atom stereocenters. The summed E-state index contributed by atoms with van der Waals surface area (Å²) < 4.78 is 5.08. The molecule has 1 aromatic rings. The van der Waals surface area contributed by atoms with Crippen molar-refractivity contribution in [3.05, 3.63) is 24.2 Å². The van der Waals surface area contributed by atoms with E-state index in [4.69, 9.17) is 4.42 Å². The Labute approximate surface area is 104 Å². The molecule has 1 fully saturated rings. The Morgan fingerprint density at radius 2 is 2.47 bits per heavy atom. The van der Waals surface area contributed by atoms with Crippen LogP contribution in [0.5, 0.6) is 0 Å². The van der Waals surface area contributed by atoms with Crippen LogP contribution in [0.15, 0.2) is 23.0 Å². The van der Waals surface area contributed by atoms with Crippen molar-refractivity contribution in [2.24, 2.45) is 5.92 Å². The first-order chi connectivity index (χ1) is 8.34. The van der Waals surface area contributed by atoms with Crippen LogP contribution in [-0.4, -0.2) is 31.6 Å². The largest absolute Gasteiger partial charge is 0.472 e. The summed E-state index contributed by atoms with van der Waals surface area (Å²) in [6.45, 7) is 4.63. The van der Waals surface area contributed by atoms with Crippen molar-refractivity contribution in [1.82, 2.24) is 10.2 Å². The van der Waals surface area contributed by atoms with Gasteiger partial charge in [-0.25, -0.2) is 0 Å². The molecule has 3 heteroatoms. The zero-order chi connectivity index (χ0) is 11.9. The number of nitrogens with one attached hydrogen (secondary N) is 1. The van der Waals surface area contributed by atoms with Gasteiger partial charge < -0.3 is 14.6 Å². The Morgan fingerprint density at radius 1 is 1.53 bits per heavy atom. The molecule has 0 bridgehead atoms. The maximum Gasteiger partial charge on any atom is 0.0947 e. The van der Waals surface area contributed by atoms with Crippen LogP contribution < -0.4 is 5.32 Å². The van der Waals surface area contributed by atoms with Gasteiger partial charge in [0.1, 0.15) is 0 Å².